The van der Waals surface area contributed by atoms with E-state index in [1.54, 1.807) is 0 Å². The van der Waals surface area contributed by atoms with E-state index < -0.39 is 0 Å². The normalized spacial score (nSPS) is 20.4. The summed E-state index contributed by atoms with van der Waals surface area (Å²) in [5.74, 6) is 2.57. The van der Waals surface area contributed by atoms with Crippen LogP contribution < -0.4 is 0 Å². The van der Waals surface area contributed by atoms with Gasteiger partial charge < -0.3 is 9.67 Å². The predicted octanol–water partition coefficient (Wildman–Crippen LogP) is 1.81. The molecule has 1 aromatic rings. The number of nitrogens with zero attached hydrogens (tertiary/aromatic N) is 3. The van der Waals surface area contributed by atoms with Crippen molar-refractivity contribution in [3.8, 4) is 0 Å². The fourth-order valence-electron chi connectivity index (χ4n) is 2.27. The minimum absolute atomic E-state index is 0.274. The molecule has 1 atom stereocenters. The van der Waals surface area contributed by atoms with Crippen LogP contribution in [-0.2, 0) is 19.4 Å². The molecule has 4 heteroatoms. The summed E-state index contributed by atoms with van der Waals surface area (Å²) in [6.45, 7) is 7.90. The van der Waals surface area contributed by atoms with Gasteiger partial charge in [0.2, 0.25) is 0 Å². The van der Waals surface area contributed by atoms with Gasteiger partial charge in [0.05, 0.1) is 0 Å². The van der Waals surface area contributed by atoms with Crippen LogP contribution in [-0.4, -0.2) is 26.5 Å². The lowest BCUT2D eigenvalue weighted by atomic mass is 9.90. The van der Waals surface area contributed by atoms with Crippen LogP contribution in [0.2, 0.25) is 0 Å². The van der Waals surface area contributed by atoms with Crippen molar-refractivity contribution in [2.75, 3.05) is 6.61 Å². The number of hydrogen-bond donors (Lipinski definition) is 1. The molecule has 1 aliphatic heterocycles. The van der Waals surface area contributed by atoms with Crippen molar-refractivity contribution in [1.29, 1.82) is 0 Å². The summed E-state index contributed by atoms with van der Waals surface area (Å²) in [6, 6.07) is 0. The number of aliphatic hydroxyl groups is 1. The minimum atomic E-state index is 0.274. The Labute approximate surface area is 103 Å². The first-order valence-electron chi connectivity index (χ1n) is 6.51. The minimum Gasteiger partial charge on any atom is -0.396 e. The molecule has 2 heterocycles. The van der Waals surface area contributed by atoms with E-state index in [9.17, 15) is 5.11 Å². The molecule has 1 aliphatic rings. The first-order chi connectivity index (χ1) is 7.99. The topological polar surface area (TPSA) is 50.9 Å². The van der Waals surface area contributed by atoms with Gasteiger partial charge in [0.1, 0.15) is 11.6 Å². The van der Waals surface area contributed by atoms with Gasteiger partial charge in [-0.2, -0.15) is 0 Å². The first kappa shape index (κ1) is 12.6. The maximum atomic E-state index is 9.25. The van der Waals surface area contributed by atoms with Gasteiger partial charge in [-0.3, -0.25) is 0 Å². The SMILES string of the molecule is CC(C)(C)CCc1nnc2n1CC(CO)CC2. The second kappa shape index (κ2) is 4.77. The molecule has 17 heavy (non-hydrogen) atoms. The van der Waals surface area contributed by atoms with Gasteiger partial charge >= 0.3 is 0 Å². The van der Waals surface area contributed by atoms with Crippen LogP contribution in [0.5, 0.6) is 0 Å². The average molecular weight is 237 g/mol. The summed E-state index contributed by atoms with van der Waals surface area (Å²) >= 11 is 0. The number of aliphatic hydroxyl groups excluding tert-OH is 1. The molecule has 0 saturated heterocycles. The Morgan fingerprint density at radius 1 is 1.35 bits per heavy atom. The van der Waals surface area contributed by atoms with Gasteiger partial charge in [-0.1, -0.05) is 20.8 Å². The van der Waals surface area contributed by atoms with Crippen LogP contribution in [0.3, 0.4) is 0 Å². The lowest BCUT2D eigenvalue weighted by Gasteiger charge is -2.23. The highest BCUT2D eigenvalue weighted by Gasteiger charge is 2.23. The van der Waals surface area contributed by atoms with Crippen molar-refractivity contribution < 1.29 is 5.11 Å². The zero-order chi connectivity index (χ0) is 12.5. The van der Waals surface area contributed by atoms with Gasteiger partial charge in [-0.15, -0.1) is 10.2 Å². The lowest BCUT2D eigenvalue weighted by Crippen LogP contribution is -2.24. The molecule has 96 valence electrons. The molecule has 0 aromatic carbocycles. The molecule has 0 saturated carbocycles. The van der Waals surface area contributed by atoms with E-state index in [4.69, 9.17) is 0 Å². The van der Waals surface area contributed by atoms with Gasteiger partial charge in [0.15, 0.2) is 0 Å². The maximum Gasteiger partial charge on any atom is 0.133 e. The van der Waals surface area contributed by atoms with Crippen molar-refractivity contribution >= 4 is 0 Å². The number of hydrogen-bond acceptors (Lipinski definition) is 3. The van der Waals surface area contributed by atoms with Crippen LogP contribution in [0.1, 0.15) is 45.3 Å². The maximum absolute atomic E-state index is 9.25. The van der Waals surface area contributed by atoms with E-state index in [0.29, 0.717) is 11.3 Å². The highest BCUT2D eigenvalue weighted by atomic mass is 16.3. The average Bonchev–Trinajstić information content (AvgIpc) is 2.67. The first-order valence-corrected chi connectivity index (χ1v) is 6.51. The molecule has 0 aliphatic carbocycles. The van der Waals surface area contributed by atoms with Gasteiger partial charge in [-0.05, 0) is 18.3 Å². The Bertz CT molecular complexity index is 379. The van der Waals surface area contributed by atoms with Crippen LogP contribution in [0, 0.1) is 11.3 Å². The number of fused-ring (bicyclic) bond motifs is 1. The third-order valence-electron chi connectivity index (χ3n) is 3.48. The summed E-state index contributed by atoms with van der Waals surface area (Å²) < 4.78 is 2.22. The Morgan fingerprint density at radius 3 is 2.76 bits per heavy atom. The van der Waals surface area contributed by atoms with E-state index in [2.05, 4.69) is 35.5 Å². The molecular weight excluding hydrogens is 214 g/mol. The van der Waals surface area contributed by atoms with Crippen LogP contribution >= 0.6 is 0 Å². The standard InChI is InChI=1S/C13H23N3O/c1-13(2,3)7-6-12-15-14-11-5-4-10(9-17)8-16(11)12/h10,17H,4-9H2,1-3H3. The van der Waals surface area contributed by atoms with Crippen LogP contribution in [0.4, 0.5) is 0 Å². The molecule has 0 amide bonds. The zero-order valence-corrected chi connectivity index (χ0v) is 11.1. The fourth-order valence-corrected chi connectivity index (χ4v) is 2.27. The largest absolute Gasteiger partial charge is 0.396 e. The third-order valence-corrected chi connectivity index (χ3v) is 3.48. The van der Waals surface area contributed by atoms with E-state index >= 15 is 0 Å². The molecule has 1 N–H and O–H groups in total. The van der Waals surface area contributed by atoms with Crippen LogP contribution in [0.15, 0.2) is 0 Å². The second-order valence-electron chi connectivity index (χ2n) is 6.29. The van der Waals surface area contributed by atoms with Crippen molar-refractivity contribution in [1.82, 2.24) is 14.8 Å². The quantitative estimate of drug-likeness (QED) is 0.872. The lowest BCUT2D eigenvalue weighted by molar-refractivity contribution is 0.189. The summed E-state index contributed by atoms with van der Waals surface area (Å²) in [6.07, 6.45) is 4.09. The molecule has 0 spiro atoms. The van der Waals surface area contributed by atoms with E-state index in [1.165, 1.54) is 0 Å². The molecule has 4 nitrogen and oxygen atoms in total. The van der Waals surface area contributed by atoms with Crippen molar-refractivity contribution in [3.05, 3.63) is 11.6 Å². The fraction of sp³-hybridized carbons (Fsp3) is 0.846. The molecule has 0 fully saturated rings. The van der Waals surface area contributed by atoms with Gasteiger partial charge in [-0.25, -0.2) is 0 Å². The highest BCUT2D eigenvalue weighted by Crippen LogP contribution is 2.24. The van der Waals surface area contributed by atoms with Crippen molar-refractivity contribution in [2.45, 2.75) is 53.0 Å². The summed E-state index contributed by atoms with van der Waals surface area (Å²) in [5.41, 5.74) is 0.331. The summed E-state index contributed by atoms with van der Waals surface area (Å²) in [4.78, 5) is 0. The Balaban J connectivity index is 2.07. The summed E-state index contributed by atoms with van der Waals surface area (Å²) in [5, 5.41) is 17.8. The Hall–Kier alpha value is -0.900. The second-order valence-corrected chi connectivity index (χ2v) is 6.29. The van der Waals surface area contributed by atoms with E-state index in [-0.39, 0.29) is 6.61 Å². The van der Waals surface area contributed by atoms with E-state index in [1.807, 2.05) is 0 Å². The Morgan fingerprint density at radius 2 is 2.12 bits per heavy atom. The van der Waals surface area contributed by atoms with Crippen molar-refractivity contribution in [2.24, 2.45) is 11.3 Å². The van der Waals surface area contributed by atoms with Gasteiger partial charge in [0, 0.05) is 31.9 Å². The molecule has 1 unspecified atom stereocenters. The Kier molecular flexibility index (Phi) is 3.52. The predicted molar refractivity (Wildman–Crippen MR) is 66.7 cm³/mol. The van der Waals surface area contributed by atoms with Gasteiger partial charge in [0.25, 0.3) is 0 Å². The number of aryl methyl sites for hydroxylation is 2. The molecule has 0 bridgehead atoms. The van der Waals surface area contributed by atoms with Crippen LogP contribution in [0.25, 0.3) is 0 Å². The number of rotatable bonds is 3. The monoisotopic (exact) mass is 237 g/mol. The molecule has 2 rings (SSSR count). The molecule has 1 aromatic heterocycles. The zero-order valence-electron chi connectivity index (χ0n) is 11.1. The number of aromatic nitrogens is 3. The molecule has 0 radical (unpaired) electrons. The van der Waals surface area contributed by atoms with Crippen molar-refractivity contribution in [3.63, 3.8) is 0 Å². The molecular formula is C13H23N3O. The third kappa shape index (κ3) is 3.06. The summed E-state index contributed by atoms with van der Waals surface area (Å²) in [7, 11) is 0. The smallest absolute Gasteiger partial charge is 0.133 e. The highest BCUT2D eigenvalue weighted by molar-refractivity contribution is 5.00. The van der Waals surface area contributed by atoms with E-state index in [0.717, 1.165) is 43.9 Å².